The predicted octanol–water partition coefficient (Wildman–Crippen LogP) is 4.80. The van der Waals surface area contributed by atoms with E-state index < -0.39 is 0 Å². The van der Waals surface area contributed by atoms with Crippen LogP contribution < -0.4 is 0 Å². The smallest absolute Gasteiger partial charge is 0.0625 e. The summed E-state index contributed by atoms with van der Waals surface area (Å²) in [6, 6.07) is 2.28. The summed E-state index contributed by atoms with van der Waals surface area (Å²) in [5.74, 6) is 0. The molecule has 0 spiro atoms. The first kappa shape index (κ1) is 13.6. The van der Waals surface area contributed by atoms with Gasteiger partial charge in [0.2, 0.25) is 0 Å². The van der Waals surface area contributed by atoms with E-state index in [0.29, 0.717) is 0 Å². The van der Waals surface area contributed by atoms with Crippen molar-refractivity contribution in [2.24, 2.45) is 0 Å². The summed E-state index contributed by atoms with van der Waals surface area (Å²) in [7, 11) is 0. The van der Waals surface area contributed by atoms with Gasteiger partial charge in [-0.3, -0.25) is 5.10 Å². The highest BCUT2D eigenvalue weighted by Gasteiger charge is 2.02. The number of nitrogens with one attached hydrogen (secondary N) is 1. The third-order valence-electron chi connectivity index (χ3n) is 4.06. The van der Waals surface area contributed by atoms with Crippen LogP contribution >= 0.6 is 0 Å². The first-order chi connectivity index (χ1) is 8.95. The van der Waals surface area contributed by atoms with Crippen LogP contribution in [0, 0.1) is 0 Å². The SMILES string of the molecule is c1c2n[nH]c1CCCCCCCCCCCCC2. The highest BCUT2D eigenvalue weighted by molar-refractivity contribution is 5.08. The molecule has 2 bridgehead atoms. The van der Waals surface area contributed by atoms with Crippen LogP contribution in [0.2, 0.25) is 0 Å². The van der Waals surface area contributed by atoms with Crippen molar-refractivity contribution < 1.29 is 0 Å². The van der Waals surface area contributed by atoms with Crippen molar-refractivity contribution >= 4 is 0 Å². The normalized spacial score (nSPS) is 20.7. The minimum Gasteiger partial charge on any atom is -0.282 e. The molecule has 1 aliphatic carbocycles. The van der Waals surface area contributed by atoms with Gasteiger partial charge in [0.05, 0.1) is 5.69 Å². The van der Waals surface area contributed by atoms with Crippen molar-refractivity contribution in [3.05, 3.63) is 17.5 Å². The van der Waals surface area contributed by atoms with E-state index in [2.05, 4.69) is 16.3 Å². The first-order valence-electron chi connectivity index (χ1n) is 7.98. The van der Waals surface area contributed by atoms with Crippen LogP contribution in [0.4, 0.5) is 0 Å². The summed E-state index contributed by atoms with van der Waals surface area (Å²) in [4.78, 5) is 0. The van der Waals surface area contributed by atoms with Crippen LogP contribution in [0.15, 0.2) is 6.07 Å². The number of hydrogen-bond donors (Lipinski definition) is 1. The molecule has 1 heterocycles. The van der Waals surface area contributed by atoms with E-state index in [1.807, 2.05) is 0 Å². The van der Waals surface area contributed by atoms with Crippen LogP contribution in [-0.2, 0) is 12.8 Å². The lowest BCUT2D eigenvalue weighted by Crippen LogP contribution is -1.88. The summed E-state index contributed by atoms with van der Waals surface area (Å²) in [6.07, 6.45) is 17.8. The summed E-state index contributed by atoms with van der Waals surface area (Å²) in [5, 5.41) is 7.62. The molecule has 1 aliphatic rings. The number of H-pyrrole nitrogens is 1. The molecule has 1 aromatic heterocycles. The Bertz CT molecular complexity index is 288. The highest BCUT2D eigenvalue weighted by Crippen LogP contribution is 2.15. The molecule has 2 rings (SSSR count). The zero-order valence-electron chi connectivity index (χ0n) is 11.7. The van der Waals surface area contributed by atoms with E-state index in [4.69, 9.17) is 0 Å². The average molecular weight is 248 g/mol. The van der Waals surface area contributed by atoms with Gasteiger partial charge in [-0.2, -0.15) is 5.10 Å². The molecule has 0 amide bonds. The average Bonchev–Trinajstić information content (AvgIpc) is 2.82. The molecule has 0 saturated heterocycles. The largest absolute Gasteiger partial charge is 0.282 e. The second-order valence-corrected chi connectivity index (χ2v) is 5.77. The van der Waals surface area contributed by atoms with Crippen LogP contribution in [-0.4, -0.2) is 10.2 Å². The van der Waals surface area contributed by atoms with Crippen molar-refractivity contribution in [1.82, 2.24) is 10.2 Å². The van der Waals surface area contributed by atoms with Crippen molar-refractivity contribution in [3.63, 3.8) is 0 Å². The van der Waals surface area contributed by atoms with Gasteiger partial charge in [-0.05, 0) is 31.7 Å². The molecule has 102 valence electrons. The van der Waals surface area contributed by atoms with Gasteiger partial charge in [0.1, 0.15) is 0 Å². The molecule has 0 radical (unpaired) electrons. The Morgan fingerprint density at radius 2 is 1.17 bits per heavy atom. The maximum atomic E-state index is 4.42. The van der Waals surface area contributed by atoms with Crippen molar-refractivity contribution in [2.75, 3.05) is 0 Å². The first-order valence-corrected chi connectivity index (χ1v) is 7.98. The van der Waals surface area contributed by atoms with Gasteiger partial charge in [0.15, 0.2) is 0 Å². The fourth-order valence-corrected chi connectivity index (χ4v) is 2.88. The molecular weight excluding hydrogens is 220 g/mol. The maximum Gasteiger partial charge on any atom is 0.0625 e. The van der Waals surface area contributed by atoms with Gasteiger partial charge in [-0.1, -0.05) is 57.8 Å². The number of rotatable bonds is 0. The quantitative estimate of drug-likeness (QED) is 0.702. The molecule has 0 unspecified atom stereocenters. The van der Waals surface area contributed by atoms with E-state index in [-0.39, 0.29) is 0 Å². The number of hydrogen-bond acceptors (Lipinski definition) is 1. The van der Waals surface area contributed by atoms with E-state index in [1.54, 1.807) is 0 Å². The Morgan fingerprint density at radius 3 is 1.78 bits per heavy atom. The lowest BCUT2D eigenvalue weighted by Gasteiger charge is -2.03. The van der Waals surface area contributed by atoms with Crippen LogP contribution in [0.1, 0.15) is 82.0 Å². The van der Waals surface area contributed by atoms with Crippen LogP contribution in [0.3, 0.4) is 0 Å². The minimum absolute atomic E-state index is 1.16. The maximum absolute atomic E-state index is 4.42. The third kappa shape index (κ3) is 5.24. The number of aromatic amines is 1. The fraction of sp³-hybridized carbons (Fsp3) is 0.812. The van der Waals surface area contributed by atoms with Gasteiger partial charge in [0.25, 0.3) is 0 Å². The summed E-state index contributed by atoms with van der Waals surface area (Å²) in [6.45, 7) is 0. The topological polar surface area (TPSA) is 28.7 Å². The third-order valence-corrected chi connectivity index (χ3v) is 4.06. The molecule has 1 N–H and O–H groups in total. The number of aromatic nitrogens is 2. The van der Waals surface area contributed by atoms with Crippen molar-refractivity contribution in [1.29, 1.82) is 0 Å². The number of fused-ring (bicyclic) bond motifs is 2. The van der Waals surface area contributed by atoms with Gasteiger partial charge in [0, 0.05) is 5.69 Å². The fourth-order valence-electron chi connectivity index (χ4n) is 2.88. The second kappa shape index (κ2) is 8.34. The van der Waals surface area contributed by atoms with Crippen molar-refractivity contribution in [3.8, 4) is 0 Å². The number of aryl methyl sites for hydroxylation is 2. The second-order valence-electron chi connectivity index (χ2n) is 5.77. The molecule has 0 fully saturated rings. The predicted molar refractivity (Wildman–Crippen MR) is 76.8 cm³/mol. The van der Waals surface area contributed by atoms with Crippen molar-refractivity contribution in [2.45, 2.75) is 83.5 Å². The van der Waals surface area contributed by atoms with E-state index in [9.17, 15) is 0 Å². The molecule has 0 aliphatic heterocycles. The van der Waals surface area contributed by atoms with Crippen LogP contribution in [0.5, 0.6) is 0 Å². The monoisotopic (exact) mass is 248 g/mol. The molecule has 0 saturated carbocycles. The summed E-state index contributed by atoms with van der Waals surface area (Å²) < 4.78 is 0. The minimum atomic E-state index is 1.16. The molecule has 0 aromatic carbocycles. The Kier molecular flexibility index (Phi) is 6.32. The molecule has 1 aromatic rings. The summed E-state index contributed by atoms with van der Waals surface area (Å²) in [5.41, 5.74) is 2.62. The lowest BCUT2D eigenvalue weighted by molar-refractivity contribution is 0.544. The van der Waals surface area contributed by atoms with Gasteiger partial charge in [-0.15, -0.1) is 0 Å². The summed E-state index contributed by atoms with van der Waals surface area (Å²) >= 11 is 0. The Balaban J connectivity index is 1.77. The van der Waals surface area contributed by atoms with E-state index in [0.717, 1.165) is 6.42 Å². The Labute approximate surface area is 112 Å². The molecular formula is C16H28N2. The zero-order valence-corrected chi connectivity index (χ0v) is 11.7. The zero-order chi connectivity index (χ0) is 12.5. The highest BCUT2D eigenvalue weighted by atomic mass is 15.1. The van der Waals surface area contributed by atoms with E-state index in [1.165, 1.54) is 88.4 Å². The van der Waals surface area contributed by atoms with Gasteiger partial charge in [-0.25, -0.2) is 0 Å². The van der Waals surface area contributed by atoms with Gasteiger partial charge < -0.3 is 0 Å². The molecule has 2 heteroatoms. The van der Waals surface area contributed by atoms with Crippen LogP contribution in [0.25, 0.3) is 0 Å². The molecule has 2 nitrogen and oxygen atoms in total. The molecule has 18 heavy (non-hydrogen) atoms. The van der Waals surface area contributed by atoms with Gasteiger partial charge >= 0.3 is 0 Å². The standard InChI is InChI=1S/C16H28N2/c1-2-4-6-8-10-12-15-14-16(18-17-15)13-11-9-7-5-3-1/h14H,1-13H2,(H,17,18). The van der Waals surface area contributed by atoms with E-state index >= 15 is 0 Å². The number of nitrogens with zero attached hydrogens (tertiary/aromatic N) is 1. The lowest BCUT2D eigenvalue weighted by atomic mass is 10.0. The Hall–Kier alpha value is -0.790. The Morgan fingerprint density at radius 1 is 0.667 bits per heavy atom. The molecule has 0 atom stereocenters.